The lowest BCUT2D eigenvalue weighted by Crippen LogP contribution is -2.48. The molecule has 0 aliphatic carbocycles. The summed E-state index contributed by atoms with van der Waals surface area (Å²) in [6.45, 7) is 8.27. The van der Waals surface area contributed by atoms with Crippen molar-refractivity contribution < 1.29 is 14.3 Å². The van der Waals surface area contributed by atoms with E-state index in [0.717, 1.165) is 12.8 Å². The van der Waals surface area contributed by atoms with Gasteiger partial charge in [0.05, 0.1) is 12.6 Å². The maximum atomic E-state index is 11.6. The first-order chi connectivity index (χ1) is 8.02. The quantitative estimate of drug-likeness (QED) is 0.490. The topological polar surface area (TPSA) is 67.4 Å². The Labute approximate surface area is 103 Å². The van der Waals surface area contributed by atoms with Crippen LogP contribution in [-0.2, 0) is 14.3 Å². The van der Waals surface area contributed by atoms with Crippen LogP contribution in [0.15, 0.2) is 0 Å². The molecule has 2 atom stereocenters. The molecule has 0 radical (unpaired) electrons. The predicted molar refractivity (Wildman–Crippen MR) is 66.6 cm³/mol. The van der Waals surface area contributed by atoms with E-state index in [1.807, 2.05) is 0 Å². The van der Waals surface area contributed by atoms with Gasteiger partial charge in [-0.05, 0) is 27.2 Å². The van der Waals surface area contributed by atoms with Crippen LogP contribution in [0.1, 0.15) is 40.5 Å². The lowest BCUT2D eigenvalue weighted by Gasteiger charge is -2.18. The molecule has 0 aromatic heterocycles. The molecule has 0 bridgehead atoms. The highest BCUT2D eigenvalue weighted by Gasteiger charge is 2.20. The molecule has 0 spiro atoms. The SMILES string of the molecule is CCCCNC(=O)C(C)NC(C)C(=O)OCC. The third-order valence-corrected chi connectivity index (χ3v) is 2.36. The zero-order valence-electron chi connectivity index (χ0n) is 11.2. The number of carbonyl (C=O) groups excluding carboxylic acids is 2. The minimum absolute atomic E-state index is 0.0883. The lowest BCUT2D eigenvalue weighted by molar-refractivity contribution is -0.145. The van der Waals surface area contributed by atoms with Gasteiger partial charge < -0.3 is 10.1 Å². The first kappa shape index (κ1) is 15.9. The maximum Gasteiger partial charge on any atom is 0.322 e. The Bertz CT molecular complexity index is 244. The number of amides is 1. The monoisotopic (exact) mass is 244 g/mol. The molecule has 0 aromatic rings. The molecule has 0 saturated heterocycles. The van der Waals surface area contributed by atoms with Crippen LogP contribution in [0, 0.1) is 0 Å². The van der Waals surface area contributed by atoms with Gasteiger partial charge in [-0.25, -0.2) is 0 Å². The van der Waals surface area contributed by atoms with Crippen LogP contribution in [0.4, 0.5) is 0 Å². The van der Waals surface area contributed by atoms with E-state index < -0.39 is 12.1 Å². The molecule has 0 heterocycles. The smallest absolute Gasteiger partial charge is 0.322 e. The zero-order chi connectivity index (χ0) is 13.3. The van der Waals surface area contributed by atoms with Gasteiger partial charge in [-0.3, -0.25) is 14.9 Å². The van der Waals surface area contributed by atoms with E-state index in [4.69, 9.17) is 4.74 Å². The van der Waals surface area contributed by atoms with Crippen molar-refractivity contribution in [1.29, 1.82) is 0 Å². The Morgan fingerprint density at radius 3 is 2.35 bits per heavy atom. The van der Waals surface area contributed by atoms with Crippen molar-refractivity contribution in [3.63, 3.8) is 0 Å². The molecule has 0 aliphatic heterocycles. The molecule has 5 heteroatoms. The van der Waals surface area contributed by atoms with E-state index >= 15 is 0 Å². The molecule has 1 amide bonds. The Kier molecular flexibility index (Phi) is 8.40. The van der Waals surface area contributed by atoms with E-state index in [0.29, 0.717) is 13.2 Å². The fourth-order valence-corrected chi connectivity index (χ4v) is 1.33. The average Bonchev–Trinajstić information content (AvgIpc) is 2.29. The molecule has 0 fully saturated rings. The van der Waals surface area contributed by atoms with Crippen molar-refractivity contribution in [3.8, 4) is 0 Å². The fraction of sp³-hybridized carbons (Fsp3) is 0.833. The largest absolute Gasteiger partial charge is 0.465 e. The number of hydrogen-bond donors (Lipinski definition) is 2. The Hall–Kier alpha value is -1.10. The summed E-state index contributed by atoms with van der Waals surface area (Å²) in [7, 11) is 0. The highest BCUT2D eigenvalue weighted by Crippen LogP contribution is 1.92. The molecule has 2 unspecified atom stereocenters. The second-order valence-corrected chi connectivity index (χ2v) is 4.01. The normalized spacial score (nSPS) is 13.9. The molecule has 17 heavy (non-hydrogen) atoms. The van der Waals surface area contributed by atoms with Gasteiger partial charge >= 0.3 is 5.97 Å². The summed E-state index contributed by atoms with van der Waals surface area (Å²) in [6.07, 6.45) is 2.01. The standard InChI is InChI=1S/C12H24N2O3/c1-5-7-8-13-11(15)9(3)14-10(4)12(16)17-6-2/h9-10,14H,5-8H2,1-4H3,(H,13,15). The summed E-state index contributed by atoms with van der Waals surface area (Å²) >= 11 is 0. The minimum Gasteiger partial charge on any atom is -0.465 e. The molecule has 5 nitrogen and oxygen atoms in total. The molecule has 100 valence electrons. The van der Waals surface area contributed by atoms with E-state index in [-0.39, 0.29) is 11.9 Å². The molecular formula is C12H24N2O3. The summed E-state index contributed by atoms with van der Waals surface area (Å²) in [5.41, 5.74) is 0. The third-order valence-electron chi connectivity index (χ3n) is 2.36. The van der Waals surface area contributed by atoms with Gasteiger partial charge in [0.1, 0.15) is 6.04 Å². The highest BCUT2D eigenvalue weighted by atomic mass is 16.5. The van der Waals surface area contributed by atoms with Gasteiger partial charge in [-0.15, -0.1) is 0 Å². The second-order valence-electron chi connectivity index (χ2n) is 4.01. The number of unbranched alkanes of at least 4 members (excludes halogenated alkanes) is 1. The number of hydrogen-bond acceptors (Lipinski definition) is 4. The van der Waals surface area contributed by atoms with Crippen molar-refractivity contribution in [1.82, 2.24) is 10.6 Å². The van der Waals surface area contributed by atoms with Crippen molar-refractivity contribution in [2.75, 3.05) is 13.2 Å². The van der Waals surface area contributed by atoms with E-state index in [1.165, 1.54) is 0 Å². The van der Waals surface area contributed by atoms with Gasteiger partial charge in [0.25, 0.3) is 0 Å². The lowest BCUT2D eigenvalue weighted by atomic mass is 10.2. The Morgan fingerprint density at radius 2 is 1.82 bits per heavy atom. The minimum atomic E-state index is -0.470. The second kappa shape index (κ2) is 8.98. The van der Waals surface area contributed by atoms with Crippen LogP contribution in [0.2, 0.25) is 0 Å². The van der Waals surface area contributed by atoms with Gasteiger partial charge in [0.15, 0.2) is 0 Å². The van der Waals surface area contributed by atoms with Crippen molar-refractivity contribution in [2.45, 2.75) is 52.6 Å². The van der Waals surface area contributed by atoms with E-state index in [2.05, 4.69) is 17.6 Å². The number of rotatable bonds is 8. The van der Waals surface area contributed by atoms with Crippen molar-refractivity contribution in [2.24, 2.45) is 0 Å². The first-order valence-corrected chi connectivity index (χ1v) is 6.23. The van der Waals surface area contributed by atoms with Gasteiger partial charge in [0, 0.05) is 6.54 Å². The molecule has 2 N–H and O–H groups in total. The Balaban J connectivity index is 3.93. The predicted octanol–water partition coefficient (Wildman–Crippen LogP) is 0.832. The molecule has 0 saturated carbocycles. The summed E-state index contributed by atoms with van der Waals surface area (Å²) in [5.74, 6) is -0.421. The van der Waals surface area contributed by atoms with Gasteiger partial charge in [0.2, 0.25) is 5.91 Å². The molecule has 0 aromatic carbocycles. The average molecular weight is 244 g/mol. The van der Waals surface area contributed by atoms with Crippen LogP contribution in [0.5, 0.6) is 0 Å². The van der Waals surface area contributed by atoms with Gasteiger partial charge in [-0.1, -0.05) is 13.3 Å². The molecule has 0 rings (SSSR count). The van der Waals surface area contributed by atoms with E-state index in [9.17, 15) is 9.59 Å². The van der Waals surface area contributed by atoms with Crippen molar-refractivity contribution >= 4 is 11.9 Å². The summed E-state index contributed by atoms with van der Waals surface area (Å²) in [4.78, 5) is 23.0. The highest BCUT2D eigenvalue weighted by molar-refractivity contribution is 5.82. The third kappa shape index (κ3) is 6.94. The number of esters is 1. The number of carbonyl (C=O) groups is 2. The fourth-order valence-electron chi connectivity index (χ4n) is 1.33. The van der Waals surface area contributed by atoms with Crippen LogP contribution >= 0.6 is 0 Å². The number of nitrogens with one attached hydrogen (secondary N) is 2. The Morgan fingerprint density at radius 1 is 1.18 bits per heavy atom. The summed E-state index contributed by atoms with van der Waals surface area (Å²) < 4.78 is 4.85. The maximum absolute atomic E-state index is 11.6. The molecule has 0 aliphatic rings. The van der Waals surface area contributed by atoms with Crippen LogP contribution < -0.4 is 10.6 Å². The van der Waals surface area contributed by atoms with Crippen LogP contribution in [0.25, 0.3) is 0 Å². The van der Waals surface area contributed by atoms with Gasteiger partial charge in [-0.2, -0.15) is 0 Å². The zero-order valence-corrected chi connectivity index (χ0v) is 11.2. The molecular weight excluding hydrogens is 220 g/mol. The van der Waals surface area contributed by atoms with E-state index in [1.54, 1.807) is 20.8 Å². The number of ether oxygens (including phenoxy) is 1. The van der Waals surface area contributed by atoms with Crippen LogP contribution in [-0.4, -0.2) is 37.1 Å². The van der Waals surface area contributed by atoms with Crippen molar-refractivity contribution in [3.05, 3.63) is 0 Å². The first-order valence-electron chi connectivity index (χ1n) is 6.23. The summed E-state index contributed by atoms with van der Waals surface area (Å²) in [5, 5.41) is 5.71. The van der Waals surface area contributed by atoms with Crippen LogP contribution in [0.3, 0.4) is 0 Å². The summed E-state index contributed by atoms with van der Waals surface area (Å²) in [6, 6.07) is -0.867.